The number of benzene rings is 3. The number of rotatable bonds is 4. The van der Waals surface area contributed by atoms with Crippen molar-refractivity contribution in [1.29, 1.82) is 0 Å². The Kier molecular flexibility index (Phi) is 4.79. The summed E-state index contributed by atoms with van der Waals surface area (Å²) in [6, 6.07) is 25.5. The number of carbonyl (C=O) groups excluding carboxylic acids is 1. The Labute approximate surface area is 141 Å². The number of anilines is 1. The highest BCUT2D eigenvalue weighted by atomic mass is 32.1. The second-order valence-corrected chi connectivity index (χ2v) is 5.81. The fourth-order valence-electron chi connectivity index (χ4n) is 2.40. The highest BCUT2D eigenvalue weighted by Gasteiger charge is 2.08. The summed E-state index contributed by atoms with van der Waals surface area (Å²) < 4.78 is 0. The number of hydrogen-bond acceptors (Lipinski definition) is 2. The van der Waals surface area contributed by atoms with Crippen LogP contribution in [-0.2, 0) is 6.42 Å². The molecule has 1 N–H and O–H groups in total. The van der Waals surface area contributed by atoms with Crippen molar-refractivity contribution in [2.75, 3.05) is 5.32 Å². The van der Waals surface area contributed by atoms with E-state index in [0.717, 1.165) is 12.1 Å². The zero-order valence-electron chi connectivity index (χ0n) is 12.6. The molecule has 2 nitrogen and oxygen atoms in total. The number of carbonyl (C=O) groups is 1. The van der Waals surface area contributed by atoms with E-state index < -0.39 is 0 Å². The summed E-state index contributed by atoms with van der Waals surface area (Å²) in [6.45, 7) is 0. The minimum atomic E-state index is -0.147. The molecular formula is C20H17NOS. The lowest BCUT2D eigenvalue weighted by Crippen LogP contribution is -2.12. The van der Waals surface area contributed by atoms with E-state index >= 15 is 0 Å². The third-order valence-corrected chi connectivity index (χ3v) is 4.00. The molecule has 3 heteroatoms. The van der Waals surface area contributed by atoms with Crippen molar-refractivity contribution in [3.8, 4) is 0 Å². The maximum atomic E-state index is 12.3. The molecule has 0 heterocycles. The molecule has 114 valence electrons. The minimum Gasteiger partial charge on any atom is -0.322 e. The van der Waals surface area contributed by atoms with E-state index in [9.17, 15) is 4.79 Å². The Bertz CT molecular complexity index is 797. The monoisotopic (exact) mass is 319 g/mol. The highest BCUT2D eigenvalue weighted by Crippen LogP contribution is 2.17. The summed E-state index contributed by atoms with van der Waals surface area (Å²) in [5.74, 6) is -0.147. The SMILES string of the molecule is O=C(Nc1ccc(Cc2ccccc2)cc1)c1ccccc1S. The minimum absolute atomic E-state index is 0.147. The first-order valence-corrected chi connectivity index (χ1v) is 7.89. The maximum Gasteiger partial charge on any atom is 0.256 e. The molecule has 0 aliphatic rings. The summed E-state index contributed by atoms with van der Waals surface area (Å²) in [5.41, 5.74) is 3.84. The standard InChI is InChI=1S/C20H17NOS/c22-20(18-8-4-5-9-19(18)23)21-17-12-10-16(11-13-17)14-15-6-2-1-3-7-15/h1-13,23H,14H2,(H,21,22). The van der Waals surface area contributed by atoms with Gasteiger partial charge in [0, 0.05) is 10.6 Å². The van der Waals surface area contributed by atoms with Gasteiger partial charge in [-0.25, -0.2) is 0 Å². The first kappa shape index (κ1) is 15.4. The molecule has 0 aromatic heterocycles. The number of hydrogen-bond donors (Lipinski definition) is 2. The van der Waals surface area contributed by atoms with Crippen LogP contribution in [0.2, 0.25) is 0 Å². The van der Waals surface area contributed by atoms with E-state index in [2.05, 4.69) is 30.1 Å². The highest BCUT2D eigenvalue weighted by molar-refractivity contribution is 7.80. The van der Waals surface area contributed by atoms with Gasteiger partial charge in [-0.05, 0) is 41.8 Å². The quantitative estimate of drug-likeness (QED) is 0.663. The molecule has 3 aromatic rings. The third-order valence-electron chi connectivity index (χ3n) is 3.61. The second kappa shape index (κ2) is 7.16. The van der Waals surface area contributed by atoms with Crippen LogP contribution in [0.1, 0.15) is 21.5 Å². The van der Waals surface area contributed by atoms with Crippen molar-refractivity contribution in [3.63, 3.8) is 0 Å². The fourth-order valence-corrected chi connectivity index (χ4v) is 2.66. The van der Waals surface area contributed by atoms with E-state index in [-0.39, 0.29) is 5.91 Å². The van der Waals surface area contributed by atoms with Crippen LogP contribution < -0.4 is 5.32 Å². The van der Waals surface area contributed by atoms with Gasteiger partial charge in [-0.3, -0.25) is 4.79 Å². The van der Waals surface area contributed by atoms with Crippen molar-refractivity contribution < 1.29 is 4.79 Å². The van der Waals surface area contributed by atoms with Crippen molar-refractivity contribution in [3.05, 3.63) is 95.6 Å². The van der Waals surface area contributed by atoms with E-state index in [4.69, 9.17) is 0 Å². The average Bonchev–Trinajstić information content (AvgIpc) is 2.58. The molecule has 3 aromatic carbocycles. The van der Waals surface area contributed by atoms with Gasteiger partial charge in [0.1, 0.15) is 0 Å². The first-order valence-electron chi connectivity index (χ1n) is 7.44. The van der Waals surface area contributed by atoms with Gasteiger partial charge in [0.15, 0.2) is 0 Å². The van der Waals surface area contributed by atoms with Gasteiger partial charge < -0.3 is 5.32 Å². The maximum absolute atomic E-state index is 12.3. The zero-order chi connectivity index (χ0) is 16.1. The predicted molar refractivity (Wildman–Crippen MR) is 97.3 cm³/mol. The molecular weight excluding hydrogens is 302 g/mol. The Morgan fingerprint density at radius 1 is 0.783 bits per heavy atom. The van der Waals surface area contributed by atoms with Gasteiger partial charge in [-0.2, -0.15) is 0 Å². The summed E-state index contributed by atoms with van der Waals surface area (Å²) in [5, 5.41) is 2.90. The van der Waals surface area contributed by atoms with E-state index in [1.165, 1.54) is 11.1 Å². The van der Waals surface area contributed by atoms with Crippen LogP contribution in [0.25, 0.3) is 0 Å². The van der Waals surface area contributed by atoms with Gasteiger partial charge in [0.2, 0.25) is 0 Å². The number of amides is 1. The summed E-state index contributed by atoms with van der Waals surface area (Å²) in [4.78, 5) is 12.9. The lowest BCUT2D eigenvalue weighted by Gasteiger charge is -2.08. The summed E-state index contributed by atoms with van der Waals surface area (Å²) in [7, 11) is 0. The van der Waals surface area contributed by atoms with Gasteiger partial charge in [-0.15, -0.1) is 12.6 Å². The Hall–Kier alpha value is -2.52. The van der Waals surface area contributed by atoms with Crippen LogP contribution in [0.15, 0.2) is 83.8 Å². The third kappa shape index (κ3) is 4.02. The van der Waals surface area contributed by atoms with Crippen molar-refractivity contribution in [2.45, 2.75) is 11.3 Å². The van der Waals surface area contributed by atoms with Crippen LogP contribution in [0, 0.1) is 0 Å². The molecule has 0 aliphatic carbocycles. The predicted octanol–water partition coefficient (Wildman–Crippen LogP) is 4.82. The van der Waals surface area contributed by atoms with Gasteiger partial charge in [0.25, 0.3) is 5.91 Å². The van der Waals surface area contributed by atoms with Crippen LogP contribution in [0.5, 0.6) is 0 Å². The van der Waals surface area contributed by atoms with Crippen LogP contribution >= 0.6 is 12.6 Å². The second-order valence-electron chi connectivity index (χ2n) is 5.33. The van der Waals surface area contributed by atoms with Gasteiger partial charge in [0.05, 0.1) is 5.56 Å². The summed E-state index contributed by atoms with van der Waals surface area (Å²) in [6.07, 6.45) is 0.883. The lowest BCUT2D eigenvalue weighted by atomic mass is 10.0. The molecule has 23 heavy (non-hydrogen) atoms. The Morgan fingerprint density at radius 3 is 2.09 bits per heavy atom. The molecule has 0 spiro atoms. The number of nitrogens with one attached hydrogen (secondary N) is 1. The van der Waals surface area contributed by atoms with Crippen molar-refractivity contribution >= 4 is 24.2 Å². The van der Waals surface area contributed by atoms with Crippen molar-refractivity contribution in [2.24, 2.45) is 0 Å². The molecule has 1 amide bonds. The van der Waals surface area contributed by atoms with Crippen LogP contribution in [0.3, 0.4) is 0 Å². The largest absolute Gasteiger partial charge is 0.322 e. The smallest absolute Gasteiger partial charge is 0.256 e. The molecule has 0 unspecified atom stereocenters. The van der Waals surface area contributed by atoms with Crippen LogP contribution in [0.4, 0.5) is 5.69 Å². The molecule has 0 atom stereocenters. The van der Waals surface area contributed by atoms with Gasteiger partial charge >= 0.3 is 0 Å². The molecule has 0 saturated carbocycles. The molecule has 0 aliphatic heterocycles. The average molecular weight is 319 g/mol. The van der Waals surface area contributed by atoms with E-state index in [1.807, 2.05) is 54.6 Å². The topological polar surface area (TPSA) is 29.1 Å². The molecule has 0 fully saturated rings. The number of thiol groups is 1. The Balaban J connectivity index is 1.68. The van der Waals surface area contributed by atoms with E-state index in [1.54, 1.807) is 12.1 Å². The molecule has 0 saturated heterocycles. The van der Waals surface area contributed by atoms with Crippen molar-refractivity contribution in [1.82, 2.24) is 0 Å². The molecule has 0 bridgehead atoms. The Morgan fingerprint density at radius 2 is 1.39 bits per heavy atom. The normalized spacial score (nSPS) is 10.3. The summed E-state index contributed by atoms with van der Waals surface area (Å²) >= 11 is 4.31. The van der Waals surface area contributed by atoms with Gasteiger partial charge in [-0.1, -0.05) is 54.6 Å². The fraction of sp³-hybridized carbons (Fsp3) is 0.0500. The molecule has 0 radical (unpaired) electrons. The molecule has 3 rings (SSSR count). The lowest BCUT2D eigenvalue weighted by molar-refractivity contribution is 0.102. The van der Waals surface area contributed by atoms with Crippen LogP contribution in [-0.4, -0.2) is 5.91 Å². The van der Waals surface area contributed by atoms with E-state index in [0.29, 0.717) is 10.5 Å². The zero-order valence-corrected chi connectivity index (χ0v) is 13.5. The first-order chi connectivity index (χ1) is 11.2.